The molecule has 1 aromatic rings. The third-order valence-electron chi connectivity index (χ3n) is 5.34. The number of rotatable bonds is 4. The molecule has 0 heterocycles. The highest BCUT2D eigenvalue weighted by Crippen LogP contribution is 2.38. The normalized spacial score (nSPS) is 25.1. The molecule has 0 bridgehead atoms. The Hall–Kier alpha value is -0.860. The molecular weight excluding hydrogens is 246 g/mol. The fourth-order valence-electron chi connectivity index (χ4n) is 3.99. The SMILES string of the molecule is OCC1(CNC2CCCCc3ccccc32)CCCC1. The second kappa shape index (κ2) is 6.28. The van der Waals surface area contributed by atoms with Crippen molar-refractivity contribution in [1.29, 1.82) is 0 Å². The zero-order chi connectivity index (χ0) is 13.8. The number of aliphatic hydroxyl groups excluding tert-OH is 1. The first-order valence-corrected chi connectivity index (χ1v) is 8.25. The molecular formula is C18H27NO. The molecule has 0 aliphatic heterocycles. The molecule has 110 valence electrons. The molecule has 0 saturated heterocycles. The maximum atomic E-state index is 9.76. The van der Waals surface area contributed by atoms with Crippen molar-refractivity contribution in [2.24, 2.45) is 5.41 Å². The van der Waals surface area contributed by atoms with E-state index in [1.54, 1.807) is 0 Å². The predicted octanol–water partition coefficient (Wildman–Crippen LogP) is 3.60. The Morgan fingerprint density at radius 3 is 2.70 bits per heavy atom. The highest BCUT2D eigenvalue weighted by molar-refractivity contribution is 5.31. The van der Waals surface area contributed by atoms with Crippen LogP contribution >= 0.6 is 0 Å². The van der Waals surface area contributed by atoms with E-state index >= 15 is 0 Å². The zero-order valence-corrected chi connectivity index (χ0v) is 12.4. The van der Waals surface area contributed by atoms with E-state index < -0.39 is 0 Å². The molecule has 1 aromatic carbocycles. The molecule has 2 aliphatic carbocycles. The van der Waals surface area contributed by atoms with Gasteiger partial charge < -0.3 is 10.4 Å². The van der Waals surface area contributed by atoms with Gasteiger partial charge in [0.05, 0.1) is 0 Å². The Balaban J connectivity index is 1.70. The van der Waals surface area contributed by atoms with Crippen LogP contribution in [0.4, 0.5) is 0 Å². The van der Waals surface area contributed by atoms with Gasteiger partial charge in [-0.2, -0.15) is 0 Å². The lowest BCUT2D eigenvalue weighted by molar-refractivity contribution is 0.124. The van der Waals surface area contributed by atoms with Crippen LogP contribution in [0.3, 0.4) is 0 Å². The smallest absolute Gasteiger partial charge is 0.0499 e. The highest BCUT2D eigenvalue weighted by atomic mass is 16.3. The Morgan fingerprint density at radius 1 is 1.10 bits per heavy atom. The van der Waals surface area contributed by atoms with Crippen molar-refractivity contribution >= 4 is 0 Å². The van der Waals surface area contributed by atoms with Gasteiger partial charge in [-0.15, -0.1) is 0 Å². The van der Waals surface area contributed by atoms with Crippen LogP contribution in [0.25, 0.3) is 0 Å². The average Bonchev–Trinajstić information content (AvgIpc) is 2.87. The Kier molecular flexibility index (Phi) is 4.42. The van der Waals surface area contributed by atoms with E-state index in [1.807, 2.05) is 0 Å². The Labute approximate surface area is 122 Å². The standard InChI is InChI=1S/C18H27NO/c20-14-18(11-5-6-12-18)13-19-17-10-4-2-8-15-7-1-3-9-16(15)17/h1,3,7,9,17,19-20H,2,4-6,8,10-14H2. The molecule has 0 aromatic heterocycles. The first-order valence-electron chi connectivity index (χ1n) is 8.25. The molecule has 1 unspecified atom stereocenters. The van der Waals surface area contributed by atoms with Crippen LogP contribution in [0.2, 0.25) is 0 Å². The Bertz CT molecular complexity index is 437. The molecule has 3 rings (SSSR count). The van der Waals surface area contributed by atoms with Crippen LogP contribution in [0.15, 0.2) is 24.3 Å². The van der Waals surface area contributed by atoms with Gasteiger partial charge in [-0.25, -0.2) is 0 Å². The van der Waals surface area contributed by atoms with E-state index in [0.29, 0.717) is 12.6 Å². The van der Waals surface area contributed by atoms with Gasteiger partial charge in [0.25, 0.3) is 0 Å². The molecule has 0 spiro atoms. The van der Waals surface area contributed by atoms with Gasteiger partial charge in [-0.05, 0) is 43.2 Å². The summed E-state index contributed by atoms with van der Waals surface area (Å²) in [6.45, 7) is 1.32. The monoisotopic (exact) mass is 273 g/mol. The molecule has 2 N–H and O–H groups in total. The van der Waals surface area contributed by atoms with Gasteiger partial charge in [-0.1, -0.05) is 43.5 Å². The lowest BCUT2D eigenvalue weighted by atomic mass is 9.86. The summed E-state index contributed by atoms with van der Waals surface area (Å²) in [6, 6.07) is 9.38. The molecule has 2 nitrogen and oxygen atoms in total. The number of hydrogen-bond acceptors (Lipinski definition) is 2. The quantitative estimate of drug-likeness (QED) is 0.822. The maximum Gasteiger partial charge on any atom is 0.0499 e. The van der Waals surface area contributed by atoms with Crippen molar-refractivity contribution in [1.82, 2.24) is 5.32 Å². The number of hydrogen-bond donors (Lipinski definition) is 2. The van der Waals surface area contributed by atoms with Crippen LogP contribution in [-0.4, -0.2) is 18.3 Å². The van der Waals surface area contributed by atoms with E-state index in [-0.39, 0.29) is 5.41 Å². The number of fused-ring (bicyclic) bond motifs is 1. The topological polar surface area (TPSA) is 32.3 Å². The largest absolute Gasteiger partial charge is 0.396 e. The summed E-state index contributed by atoms with van der Waals surface area (Å²) in [5, 5.41) is 13.5. The summed E-state index contributed by atoms with van der Waals surface area (Å²) in [7, 11) is 0. The van der Waals surface area contributed by atoms with Crippen molar-refractivity contribution in [2.45, 2.75) is 57.4 Å². The fourth-order valence-corrected chi connectivity index (χ4v) is 3.99. The first kappa shape index (κ1) is 14.1. The highest BCUT2D eigenvalue weighted by Gasteiger charge is 2.33. The molecule has 0 amide bonds. The second-order valence-electron chi connectivity index (χ2n) is 6.74. The van der Waals surface area contributed by atoms with E-state index in [4.69, 9.17) is 0 Å². The van der Waals surface area contributed by atoms with Crippen molar-refractivity contribution < 1.29 is 5.11 Å². The summed E-state index contributed by atoms with van der Waals surface area (Å²) in [5.41, 5.74) is 3.17. The number of benzene rings is 1. The van der Waals surface area contributed by atoms with E-state index in [1.165, 1.54) is 62.5 Å². The van der Waals surface area contributed by atoms with Gasteiger partial charge in [-0.3, -0.25) is 0 Å². The number of aryl methyl sites for hydroxylation is 1. The molecule has 1 fully saturated rings. The molecule has 0 radical (unpaired) electrons. The van der Waals surface area contributed by atoms with E-state index in [9.17, 15) is 5.11 Å². The summed E-state index contributed by atoms with van der Waals surface area (Å²) in [4.78, 5) is 0. The van der Waals surface area contributed by atoms with E-state index in [0.717, 1.165) is 6.54 Å². The van der Waals surface area contributed by atoms with Crippen LogP contribution in [-0.2, 0) is 6.42 Å². The summed E-state index contributed by atoms with van der Waals surface area (Å²) < 4.78 is 0. The van der Waals surface area contributed by atoms with Gasteiger partial charge >= 0.3 is 0 Å². The second-order valence-corrected chi connectivity index (χ2v) is 6.74. The number of nitrogens with one attached hydrogen (secondary N) is 1. The van der Waals surface area contributed by atoms with Crippen molar-refractivity contribution in [3.05, 3.63) is 35.4 Å². The van der Waals surface area contributed by atoms with Gasteiger partial charge in [0, 0.05) is 24.6 Å². The van der Waals surface area contributed by atoms with Gasteiger partial charge in [0.2, 0.25) is 0 Å². The fraction of sp³-hybridized carbons (Fsp3) is 0.667. The lowest BCUT2D eigenvalue weighted by Gasteiger charge is -2.30. The summed E-state index contributed by atoms with van der Waals surface area (Å²) in [5.74, 6) is 0. The van der Waals surface area contributed by atoms with Gasteiger partial charge in [0.1, 0.15) is 0 Å². The summed E-state index contributed by atoms with van der Waals surface area (Å²) in [6.07, 6.45) is 10.00. The van der Waals surface area contributed by atoms with Crippen LogP contribution in [0.5, 0.6) is 0 Å². The minimum absolute atomic E-state index is 0.154. The average molecular weight is 273 g/mol. The molecule has 1 atom stereocenters. The van der Waals surface area contributed by atoms with Crippen LogP contribution in [0.1, 0.15) is 62.1 Å². The van der Waals surface area contributed by atoms with Gasteiger partial charge in [0.15, 0.2) is 0 Å². The van der Waals surface area contributed by atoms with Crippen molar-refractivity contribution in [3.8, 4) is 0 Å². The summed E-state index contributed by atoms with van der Waals surface area (Å²) >= 11 is 0. The third-order valence-corrected chi connectivity index (χ3v) is 5.34. The molecule has 20 heavy (non-hydrogen) atoms. The number of aliphatic hydroxyl groups is 1. The zero-order valence-electron chi connectivity index (χ0n) is 12.4. The van der Waals surface area contributed by atoms with Crippen molar-refractivity contribution in [2.75, 3.05) is 13.2 Å². The van der Waals surface area contributed by atoms with Crippen molar-refractivity contribution in [3.63, 3.8) is 0 Å². The minimum atomic E-state index is 0.154. The Morgan fingerprint density at radius 2 is 1.90 bits per heavy atom. The lowest BCUT2D eigenvalue weighted by Crippen LogP contribution is -2.37. The van der Waals surface area contributed by atoms with Crippen LogP contribution in [0, 0.1) is 5.41 Å². The minimum Gasteiger partial charge on any atom is -0.396 e. The maximum absolute atomic E-state index is 9.76. The first-order chi connectivity index (χ1) is 9.83. The predicted molar refractivity (Wildman–Crippen MR) is 82.7 cm³/mol. The molecule has 1 saturated carbocycles. The van der Waals surface area contributed by atoms with E-state index in [2.05, 4.69) is 29.6 Å². The third kappa shape index (κ3) is 2.91. The molecule has 2 aliphatic rings. The van der Waals surface area contributed by atoms with Crippen LogP contribution < -0.4 is 5.32 Å². The molecule has 2 heteroatoms.